The largest absolute Gasteiger partial charge is 0.490 e. The Hall–Kier alpha value is -4.46. The second-order valence-corrected chi connectivity index (χ2v) is 9.44. The Morgan fingerprint density at radius 3 is 2.05 bits per heavy atom. The molecule has 0 unspecified atom stereocenters. The summed E-state index contributed by atoms with van der Waals surface area (Å²) >= 11 is 6.12. The Morgan fingerprint density at radius 2 is 1.61 bits per heavy atom. The van der Waals surface area contributed by atoms with Gasteiger partial charge >= 0.3 is 30.1 Å². The van der Waals surface area contributed by atoms with E-state index in [1.165, 1.54) is 42.5 Å². The van der Waals surface area contributed by atoms with E-state index < -0.39 is 52.7 Å². The number of halogens is 4. The molecule has 2 rings (SSSR count). The van der Waals surface area contributed by atoms with Crippen molar-refractivity contribution in [3.8, 4) is 5.75 Å². The molecule has 0 saturated carbocycles. The van der Waals surface area contributed by atoms with Crippen LogP contribution in [0.3, 0.4) is 0 Å². The summed E-state index contributed by atoms with van der Waals surface area (Å²) in [6.07, 6.45) is -6.03. The highest BCUT2D eigenvalue weighted by molar-refractivity contribution is 7.87. The summed E-state index contributed by atoms with van der Waals surface area (Å²) in [6, 6.07) is 8.18. The smallest absolute Gasteiger partial charge is 0.481 e. The first-order valence-electron chi connectivity index (χ1n) is 10.5. The van der Waals surface area contributed by atoms with Gasteiger partial charge in [0.25, 0.3) is 10.2 Å². The molecule has 0 aliphatic carbocycles. The average Bonchev–Trinajstić information content (AvgIpc) is 2.83. The number of nitrogens with one attached hydrogen (secondary N) is 4. The van der Waals surface area contributed by atoms with Gasteiger partial charge in [0, 0.05) is 12.2 Å². The van der Waals surface area contributed by atoms with Crippen LogP contribution in [0.4, 0.5) is 18.9 Å². The predicted molar refractivity (Wildman–Crippen MR) is 135 cm³/mol. The van der Waals surface area contributed by atoms with Crippen LogP contribution in [-0.4, -0.2) is 65.8 Å². The summed E-state index contributed by atoms with van der Waals surface area (Å²) < 4.78 is 64.9. The van der Waals surface area contributed by atoms with Crippen molar-refractivity contribution in [3.05, 3.63) is 58.6 Å². The number of ether oxygens (including phenoxy) is 1. The molecule has 1 atom stereocenters. The molecule has 0 spiro atoms. The van der Waals surface area contributed by atoms with Crippen LogP contribution in [-0.2, 0) is 31.1 Å². The minimum atomic E-state index is -5.08. The number of anilines is 1. The maximum atomic E-state index is 12.3. The van der Waals surface area contributed by atoms with E-state index >= 15 is 0 Å². The van der Waals surface area contributed by atoms with Crippen molar-refractivity contribution in [1.29, 1.82) is 5.41 Å². The summed E-state index contributed by atoms with van der Waals surface area (Å²) in [5.74, 6) is -6.86. The number of hydrogen-bond acceptors (Lipinski definition) is 8. The predicted octanol–water partition coefficient (Wildman–Crippen LogP) is 1.35. The molecule has 15 nitrogen and oxygen atoms in total. The van der Waals surface area contributed by atoms with Crippen LogP contribution in [0.5, 0.6) is 5.75 Å². The lowest BCUT2D eigenvalue weighted by atomic mass is 10.2. The number of hydrogen-bond donors (Lipinski definition) is 8. The van der Waals surface area contributed by atoms with Crippen LogP contribution >= 0.6 is 11.6 Å². The molecular formula is C21H21ClF3N5O10S. The van der Waals surface area contributed by atoms with Crippen LogP contribution in [0.1, 0.15) is 22.3 Å². The fraction of sp³-hybridized carbons (Fsp3) is 0.190. The molecule has 0 aliphatic rings. The highest BCUT2D eigenvalue weighted by atomic mass is 35.5. The van der Waals surface area contributed by atoms with Gasteiger partial charge in [0.05, 0.1) is 17.0 Å². The lowest BCUT2D eigenvalue weighted by molar-refractivity contribution is -0.192. The quantitative estimate of drug-likeness (QED) is 0.0760. The molecule has 224 valence electrons. The van der Waals surface area contributed by atoms with E-state index in [1.54, 1.807) is 4.72 Å². The van der Waals surface area contributed by atoms with Crippen LogP contribution in [0.25, 0.3) is 0 Å². The van der Waals surface area contributed by atoms with E-state index in [-0.39, 0.29) is 28.8 Å². The number of carboxylic acids is 3. The first kappa shape index (κ1) is 34.6. The Morgan fingerprint density at radius 1 is 1.05 bits per heavy atom. The first-order valence-corrected chi connectivity index (χ1v) is 12.4. The number of carboxylic acid groups (broad SMARTS) is 3. The average molecular weight is 628 g/mol. The third kappa shape index (κ3) is 13.0. The minimum absolute atomic E-state index is 0.00200. The molecule has 0 aromatic heterocycles. The third-order valence-corrected chi connectivity index (χ3v) is 5.70. The second kappa shape index (κ2) is 14.8. The van der Waals surface area contributed by atoms with Crippen molar-refractivity contribution in [2.24, 2.45) is 5.73 Å². The monoisotopic (exact) mass is 627 g/mol. The van der Waals surface area contributed by atoms with E-state index in [0.717, 1.165) is 0 Å². The number of carbonyl (C=O) groups excluding carboxylic acids is 1. The summed E-state index contributed by atoms with van der Waals surface area (Å²) in [5, 5.41) is 34.5. The van der Waals surface area contributed by atoms with Gasteiger partial charge in [-0.1, -0.05) is 17.7 Å². The second-order valence-electron chi connectivity index (χ2n) is 7.50. The Bertz CT molecular complexity index is 1410. The number of rotatable bonds is 11. The molecule has 2 aromatic rings. The number of esters is 1. The zero-order valence-electron chi connectivity index (χ0n) is 20.2. The molecule has 2 aromatic carbocycles. The van der Waals surface area contributed by atoms with E-state index in [9.17, 15) is 36.0 Å². The Kier molecular flexibility index (Phi) is 12.5. The zero-order valence-corrected chi connectivity index (χ0v) is 21.8. The number of aliphatic carboxylic acids is 3. The van der Waals surface area contributed by atoms with E-state index in [2.05, 4.69) is 10.0 Å². The first-order chi connectivity index (χ1) is 18.8. The number of carbonyl (C=O) groups is 4. The van der Waals surface area contributed by atoms with Crippen LogP contribution in [0, 0.1) is 5.41 Å². The SMILES string of the molecule is N=C(N)Nc1ccc(C(=O)Oc2ccc(CNS(=O)(=O)N[C@@H](CC(=O)O)C(=O)O)cc2Cl)cc1.O=C(O)C(F)(F)F. The third-order valence-electron chi connectivity index (χ3n) is 4.28. The molecule has 0 heterocycles. The summed E-state index contributed by atoms with van der Waals surface area (Å²) in [7, 11) is -4.36. The van der Waals surface area contributed by atoms with Crippen molar-refractivity contribution in [1.82, 2.24) is 9.44 Å². The lowest BCUT2D eigenvalue weighted by Gasteiger charge is -2.14. The molecular weight excluding hydrogens is 607 g/mol. The fourth-order valence-electron chi connectivity index (χ4n) is 2.50. The molecule has 0 radical (unpaired) electrons. The molecule has 0 bridgehead atoms. The summed E-state index contributed by atoms with van der Waals surface area (Å²) in [6.45, 7) is -0.312. The van der Waals surface area contributed by atoms with Crippen molar-refractivity contribution >= 4 is 57.3 Å². The number of benzene rings is 2. The van der Waals surface area contributed by atoms with Crippen molar-refractivity contribution in [2.75, 3.05) is 5.32 Å². The maximum absolute atomic E-state index is 12.3. The lowest BCUT2D eigenvalue weighted by Crippen LogP contribution is -2.47. The normalized spacial score (nSPS) is 11.8. The summed E-state index contributed by atoms with van der Waals surface area (Å²) in [5.41, 5.74) is 6.27. The van der Waals surface area contributed by atoms with Crippen LogP contribution in [0.2, 0.25) is 5.02 Å². The Balaban J connectivity index is 0.00000106. The molecule has 20 heteroatoms. The number of nitrogens with two attached hydrogens (primary N) is 1. The van der Waals surface area contributed by atoms with E-state index in [1.807, 2.05) is 0 Å². The van der Waals surface area contributed by atoms with Gasteiger partial charge in [0.2, 0.25) is 0 Å². The fourth-order valence-corrected chi connectivity index (χ4v) is 3.74. The number of alkyl halides is 3. The molecule has 0 saturated heterocycles. The van der Waals surface area contributed by atoms with E-state index in [0.29, 0.717) is 11.3 Å². The van der Waals surface area contributed by atoms with Crippen molar-refractivity contribution in [2.45, 2.75) is 25.2 Å². The highest BCUT2D eigenvalue weighted by Gasteiger charge is 2.38. The molecule has 0 amide bonds. The van der Waals surface area contributed by atoms with Crippen molar-refractivity contribution in [3.63, 3.8) is 0 Å². The Labute approximate surface area is 233 Å². The molecule has 0 aliphatic heterocycles. The van der Waals surface area contributed by atoms with Gasteiger partial charge in [-0.25, -0.2) is 9.59 Å². The molecule has 0 fully saturated rings. The topological polar surface area (TPSA) is 258 Å². The summed E-state index contributed by atoms with van der Waals surface area (Å²) in [4.78, 5) is 42.9. The molecule has 9 N–H and O–H groups in total. The van der Waals surface area contributed by atoms with Gasteiger partial charge in [0.1, 0.15) is 11.8 Å². The minimum Gasteiger partial charge on any atom is -0.481 e. The van der Waals surface area contributed by atoms with Gasteiger partial charge in [-0.2, -0.15) is 31.0 Å². The zero-order chi connectivity index (χ0) is 31.5. The van der Waals surface area contributed by atoms with Crippen LogP contribution in [0.15, 0.2) is 42.5 Å². The van der Waals surface area contributed by atoms with E-state index in [4.69, 9.17) is 47.6 Å². The highest BCUT2D eigenvalue weighted by Crippen LogP contribution is 2.26. The molecule has 41 heavy (non-hydrogen) atoms. The maximum Gasteiger partial charge on any atom is 0.490 e. The van der Waals surface area contributed by atoms with Gasteiger partial charge in [-0.15, -0.1) is 0 Å². The van der Waals surface area contributed by atoms with Crippen molar-refractivity contribution < 1.29 is 60.8 Å². The van der Waals surface area contributed by atoms with Gasteiger partial charge in [0.15, 0.2) is 5.96 Å². The van der Waals surface area contributed by atoms with Gasteiger partial charge in [-0.05, 0) is 42.0 Å². The standard InChI is InChI=1S/C19H20ClN5O8S.C2HF3O2/c20-13-7-10(9-23-34(31,32)25-14(17(28)29)8-16(26)27)1-6-15(13)33-18(30)11-2-4-12(5-3-11)24-19(21)22;3-2(4,5)1(6)7/h1-7,14,23,25H,8-9H2,(H,26,27)(H,28,29)(H4,21,22,24);(H,6,7)/t14-;/m0./s1. The number of guanidine groups is 1. The van der Waals surface area contributed by atoms with Gasteiger partial charge in [-0.3, -0.25) is 15.0 Å². The van der Waals surface area contributed by atoms with Crippen LogP contribution < -0.4 is 25.2 Å². The van der Waals surface area contributed by atoms with Gasteiger partial charge < -0.3 is 31.1 Å².